The molecule has 1 aromatic heterocycles. The van der Waals surface area contributed by atoms with Gasteiger partial charge in [0.05, 0.1) is 23.8 Å². The van der Waals surface area contributed by atoms with E-state index in [4.69, 9.17) is 0 Å². The van der Waals surface area contributed by atoms with E-state index in [9.17, 15) is 13.6 Å². The first-order chi connectivity index (χ1) is 11.0. The minimum Gasteiger partial charge on any atom is -0.435 e. The van der Waals surface area contributed by atoms with Crippen molar-refractivity contribution in [3.8, 4) is 5.75 Å². The first-order valence-corrected chi connectivity index (χ1v) is 7.51. The van der Waals surface area contributed by atoms with Crippen molar-refractivity contribution in [3.63, 3.8) is 0 Å². The van der Waals surface area contributed by atoms with Gasteiger partial charge in [0.1, 0.15) is 5.75 Å². The molecule has 0 saturated carbocycles. The summed E-state index contributed by atoms with van der Waals surface area (Å²) in [5.74, 6) is 0.0802. The third kappa shape index (κ3) is 3.56. The largest absolute Gasteiger partial charge is 0.435 e. The zero-order chi connectivity index (χ0) is 16.4. The van der Waals surface area contributed by atoms with Crippen LogP contribution >= 0.6 is 15.9 Å². The van der Waals surface area contributed by atoms with Gasteiger partial charge in [0.25, 0.3) is 5.56 Å². The molecule has 0 radical (unpaired) electrons. The summed E-state index contributed by atoms with van der Waals surface area (Å²) in [6.07, 6.45) is 1.47. The van der Waals surface area contributed by atoms with E-state index >= 15 is 0 Å². The van der Waals surface area contributed by atoms with Crippen LogP contribution in [0.5, 0.6) is 5.75 Å². The number of ether oxygens (including phenoxy) is 1. The zero-order valence-electron chi connectivity index (χ0n) is 11.7. The van der Waals surface area contributed by atoms with Gasteiger partial charge in [-0.2, -0.15) is 8.78 Å². The van der Waals surface area contributed by atoms with E-state index in [2.05, 4.69) is 25.7 Å². The molecular weight excluding hydrogens is 370 g/mol. The van der Waals surface area contributed by atoms with E-state index in [1.807, 2.05) is 6.07 Å². The predicted molar refractivity (Wildman–Crippen MR) is 85.9 cm³/mol. The van der Waals surface area contributed by atoms with Gasteiger partial charge in [-0.15, -0.1) is 0 Å². The van der Waals surface area contributed by atoms with Crippen molar-refractivity contribution in [1.82, 2.24) is 9.55 Å². The Morgan fingerprint density at radius 2 is 1.91 bits per heavy atom. The lowest BCUT2D eigenvalue weighted by Gasteiger charge is -2.08. The van der Waals surface area contributed by atoms with Crippen molar-refractivity contribution in [2.24, 2.45) is 0 Å². The molecule has 3 aromatic rings. The van der Waals surface area contributed by atoms with Crippen LogP contribution in [0.2, 0.25) is 0 Å². The lowest BCUT2D eigenvalue weighted by atomic mass is 10.2. The number of rotatable bonds is 4. The van der Waals surface area contributed by atoms with E-state index in [0.29, 0.717) is 17.4 Å². The molecule has 7 heteroatoms. The Hall–Kier alpha value is -2.28. The van der Waals surface area contributed by atoms with Crippen molar-refractivity contribution in [2.75, 3.05) is 0 Å². The normalized spacial score (nSPS) is 11.1. The average Bonchev–Trinajstić information content (AvgIpc) is 2.52. The Morgan fingerprint density at radius 1 is 1.17 bits per heavy atom. The summed E-state index contributed by atoms with van der Waals surface area (Å²) in [5, 5.41) is 0.513. The van der Waals surface area contributed by atoms with Crippen LogP contribution in [0.15, 0.2) is 58.1 Å². The van der Waals surface area contributed by atoms with Crippen LogP contribution in [0.3, 0.4) is 0 Å². The van der Waals surface area contributed by atoms with E-state index in [0.717, 1.165) is 10.0 Å². The Balaban J connectivity index is 1.89. The lowest BCUT2D eigenvalue weighted by molar-refractivity contribution is -0.0498. The third-order valence-corrected chi connectivity index (χ3v) is 3.78. The second-order valence-electron chi connectivity index (χ2n) is 4.86. The highest BCUT2D eigenvalue weighted by Crippen LogP contribution is 2.17. The second-order valence-corrected chi connectivity index (χ2v) is 5.78. The minimum atomic E-state index is -2.85. The molecule has 0 atom stereocenters. The van der Waals surface area contributed by atoms with Crippen LogP contribution in [-0.2, 0) is 6.54 Å². The van der Waals surface area contributed by atoms with Crippen molar-refractivity contribution >= 4 is 26.8 Å². The van der Waals surface area contributed by atoms with Gasteiger partial charge in [0, 0.05) is 4.47 Å². The lowest BCUT2D eigenvalue weighted by Crippen LogP contribution is -2.21. The van der Waals surface area contributed by atoms with Gasteiger partial charge in [-0.1, -0.05) is 28.1 Å². The predicted octanol–water partition coefficient (Wildman–Crippen LogP) is 3.81. The van der Waals surface area contributed by atoms with E-state index in [-0.39, 0.29) is 11.3 Å². The van der Waals surface area contributed by atoms with Gasteiger partial charge in [-0.25, -0.2) is 4.98 Å². The molecule has 0 spiro atoms. The molecule has 0 unspecified atom stereocenters. The van der Waals surface area contributed by atoms with Crippen LogP contribution in [-0.4, -0.2) is 16.2 Å². The van der Waals surface area contributed by atoms with Gasteiger partial charge in [0.15, 0.2) is 0 Å². The molecule has 0 aliphatic heterocycles. The summed E-state index contributed by atoms with van der Waals surface area (Å²) >= 11 is 3.33. The van der Waals surface area contributed by atoms with Crippen LogP contribution in [0.4, 0.5) is 8.78 Å². The maximum atomic E-state index is 12.5. The van der Waals surface area contributed by atoms with Gasteiger partial charge in [-0.3, -0.25) is 9.36 Å². The second kappa shape index (κ2) is 6.45. The highest BCUT2D eigenvalue weighted by Gasteiger charge is 2.07. The number of halogens is 3. The number of hydrogen-bond acceptors (Lipinski definition) is 3. The summed E-state index contributed by atoms with van der Waals surface area (Å²) < 4.78 is 30.8. The quantitative estimate of drug-likeness (QED) is 0.691. The SMILES string of the molecule is O=c1c2cc(Br)ccc2ncn1Cc1ccc(OC(F)F)cc1. The molecule has 1 heterocycles. The fourth-order valence-corrected chi connectivity index (χ4v) is 2.58. The highest BCUT2D eigenvalue weighted by atomic mass is 79.9. The number of hydrogen-bond donors (Lipinski definition) is 0. The van der Waals surface area contributed by atoms with Crippen molar-refractivity contribution in [3.05, 3.63) is 69.2 Å². The fraction of sp³-hybridized carbons (Fsp3) is 0.125. The maximum Gasteiger partial charge on any atom is 0.387 e. The monoisotopic (exact) mass is 380 g/mol. The number of fused-ring (bicyclic) bond motifs is 1. The summed E-state index contributed by atoms with van der Waals surface area (Å²) in [6.45, 7) is -2.56. The topological polar surface area (TPSA) is 44.1 Å². The molecule has 118 valence electrons. The van der Waals surface area contributed by atoms with Crippen LogP contribution < -0.4 is 10.3 Å². The summed E-state index contributed by atoms with van der Waals surface area (Å²) in [4.78, 5) is 16.7. The molecule has 0 saturated heterocycles. The van der Waals surface area contributed by atoms with Crippen LogP contribution in [0.1, 0.15) is 5.56 Å². The molecule has 23 heavy (non-hydrogen) atoms. The molecular formula is C16H11BrF2N2O2. The molecule has 0 fully saturated rings. The van der Waals surface area contributed by atoms with Gasteiger partial charge < -0.3 is 4.74 Å². The molecule has 4 nitrogen and oxygen atoms in total. The molecule has 0 aliphatic rings. The standard InChI is InChI=1S/C16H11BrF2N2O2/c17-11-3-6-14-13(7-11)15(22)21(9-20-14)8-10-1-4-12(5-2-10)23-16(18)19/h1-7,9,16H,8H2. The van der Waals surface area contributed by atoms with E-state index in [1.165, 1.54) is 23.0 Å². The van der Waals surface area contributed by atoms with Crippen LogP contribution in [0.25, 0.3) is 10.9 Å². The molecule has 0 aliphatic carbocycles. The van der Waals surface area contributed by atoms with Crippen molar-refractivity contribution in [2.45, 2.75) is 13.2 Å². The first kappa shape index (κ1) is 15.6. The van der Waals surface area contributed by atoms with Gasteiger partial charge in [0.2, 0.25) is 0 Å². The maximum absolute atomic E-state index is 12.5. The first-order valence-electron chi connectivity index (χ1n) is 6.71. The number of benzene rings is 2. The minimum absolute atomic E-state index is 0.0802. The molecule has 2 aromatic carbocycles. The van der Waals surface area contributed by atoms with Crippen molar-refractivity contribution < 1.29 is 13.5 Å². The van der Waals surface area contributed by atoms with E-state index in [1.54, 1.807) is 24.3 Å². The fourth-order valence-electron chi connectivity index (χ4n) is 2.22. The van der Waals surface area contributed by atoms with Crippen LogP contribution in [0, 0.1) is 0 Å². The highest BCUT2D eigenvalue weighted by molar-refractivity contribution is 9.10. The Morgan fingerprint density at radius 3 is 2.61 bits per heavy atom. The summed E-state index contributed by atoms with van der Waals surface area (Å²) in [7, 11) is 0. The number of aromatic nitrogens is 2. The number of nitrogens with zero attached hydrogens (tertiary/aromatic N) is 2. The molecule has 0 bridgehead atoms. The molecule has 0 amide bonds. The summed E-state index contributed by atoms with van der Waals surface area (Å²) in [5.41, 5.74) is 1.24. The Kier molecular flexibility index (Phi) is 4.38. The average molecular weight is 381 g/mol. The smallest absolute Gasteiger partial charge is 0.387 e. The Bertz CT molecular complexity index is 895. The van der Waals surface area contributed by atoms with Crippen molar-refractivity contribution in [1.29, 1.82) is 0 Å². The van der Waals surface area contributed by atoms with Gasteiger partial charge >= 0.3 is 6.61 Å². The van der Waals surface area contributed by atoms with E-state index < -0.39 is 6.61 Å². The molecule has 3 rings (SSSR count). The molecule has 0 N–H and O–H groups in total. The third-order valence-electron chi connectivity index (χ3n) is 3.29. The Labute approximate surface area is 138 Å². The summed E-state index contributed by atoms with van der Waals surface area (Å²) in [6, 6.07) is 11.5. The zero-order valence-corrected chi connectivity index (χ0v) is 13.3. The van der Waals surface area contributed by atoms with Gasteiger partial charge in [-0.05, 0) is 35.9 Å². The number of alkyl halides is 2.